The van der Waals surface area contributed by atoms with Crippen molar-refractivity contribution in [3.8, 4) is 11.1 Å². The van der Waals surface area contributed by atoms with E-state index in [-0.39, 0.29) is 12.2 Å². The number of aromatic nitrogens is 5. The van der Waals surface area contributed by atoms with Gasteiger partial charge in [-0.25, -0.2) is 0 Å². The summed E-state index contributed by atoms with van der Waals surface area (Å²) in [4.78, 5) is 16.3. The Kier molecular flexibility index (Phi) is 3.78. The molecule has 0 atom stereocenters. The number of pyridine rings is 1. The van der Waals surface area contributed by atoms with Crippen LogP contribution < -0.4 is 0 Å². The number of carbonyl (C=O) groups excluding carboxylic acids is 1. The van der Waals surface area contributed by atoms with Crippen LogP contribution in [0.2, 0.25) is 0 Å². The van der Waals surface area contributed by atoms with E-state index >= 15 is 0 Å². The Morgan fingerprint density at radius 2 is 1.88 bits per heavy atom. The first kappa shape index (κ1) is 15.1. The first-order valence-electron chi connectivity index (χ1n) is 7.88. The van der Waals surface area contributed by atoms with Gasteiger partial charge in [0, 0.05) is 42.2 Å². The maximum Gasteiger partial charge on any atom is 0.168 e. The molecule has 3 heterocycles. The summed E-state index contributed by atoms with van der Waals surface area (Å²) in [6, 6.07) is 11.3. The SMILES string of the molecule is Cn1cc(-c2ccc3nnc(CC(=O)c4ccncc4)cc3c2)cn1. The lowest BCUT2D eigenvalue weighted by molar-refractivity contribution is 0.0991. The van der Waals surface area contributed by atoms with Gasteiger partial charge < -0.3 is 0 Å². The molecule has 0 saturated heterocycles. The Hall–Kier alpha value is -3.41. The van der Waals surface area contributed by atoms with Crippen LogP contribution in [-0.2, 0) is 13.5 Å². The van der Waals surface area contributed by atoms with E-state index in [1.54, 1.807) is 29.2 Å². The molecule has 0 saturated carbocycles. The van der Waals surface area contributed by atoms with Crippen LogP contribution >= 0.6 is 0 Å². The lowest BCUT2D eigenvalue weighted by atomic mass is 10.0. The zero-order chi connectivity index (χ0) is 17.2. The molecule has 0 aliphatic rings. The maximum absolute atomic E-state index is 12.3. The third kappa shape index (κ3) is 3.14. The van der Waals surface area contributed by atoms with Gasteiger partial charge in [0.05, 0.1) is 23.8 Å². The maximum atomic E-state index is 12.3. The number of carbonyl (C=O) groups is 1. The molecule has 122 valence electrons. The third-order valence-electron chi connectivity index (χ3n) is 4.02. The number of fused-ring (bicyclic) bond motifs is 1. The summed E-state index contributed by atoms with van der Waals surface area (Å²) in [5.74, 6) is -0.000496. The second kappa shape index (κ2) is 6.24. The Labute approximate surface area is 144 Å². The van der Waals surface area contributed by atoms with Crippen LogP contribution in [0.4, 0.5) is 0 Å². The van der Waals surface area contributed by atoms with Crippen molar-refractivity contribution in [2.45, 2.75) is 6.42 Å². The molecule has 0 radical (unpaired) electrons. The number of nitrogens with zero attached hydrogens (tertiary/aromatic N) is 5. The fraction of sp³-hybridized carbons (Fsp3) is 0.105. The fourth-order valence-corrected chi connectivity index (χ4v) is 2.73. The van der Waals surface area contributed by atoms with Crippen molar-refractivity contribution in [1.82, 2.24) is 25.0 Å². The van der Waals surface area contributed by atoms with E-state index in [0.29, 0.717) is 11.3 Å². The summed E-state index contributed by atoms with van der Waals surface area (Å²) in [5.41, 5.74) is 4.17. The normalized spacial score (nSPS) is 10.9. The van der Waals surface area contributed by atoms with Crippen LogP contribution in [0, 0.1) is 0 Å². The van der Waals surface area contributed by atoms with E-state index in [4.69, 9.17) is 0 Å². The molecule has 0 unspecified atom stereocenters. The smallest absolute Gasteiger partial charge is 0.168 e. The Balaban J connectivity index is 1.66. The zero-order valence-corrected chi connectivity index (χ0v) is 13.6. The summed E-state index contributed by atoms with van der Waals surface area (Å²) in [6.07, 6.45) is 7.22. The van der Waals surface area contributed by atoms with Gasteiger partial charge in [-0.1, -0.05) is 6.07 Å². The van der Waals surface area contributed by atoms with E-state index in [1.165, 1.54) is 0 Å². The van der Waals surface area contributed by atoms with Gasteiger partial charge in [-0.3, -0.25) is 14.5 Å². The molecule has 0 aliphatic carbocycles. The van der Waals surface area contributed by atoms with E-state index < -0.39 is 0 Å². The lowest BCUT2D eigenvalue weighted by Crippen LogP contribution is -2.06. The van der Waals surface area contributed by atoms with E-state index in [2.05, 4.69) is 20.3 Å². The molecule has 3 aromatic heterocycles. The van der Waals surface area contributed by atoms with Crippen molar-refractivity contribution in [3.63, 3.8) is 0 Å². The highest BCUT2D eigenvalue weighted by Crippen LogP contribution is 2.23. The number of benzene rings is 1. The highest BCUT2D eigenvalue weighted by molar-refractivity contribution is 5.97. The highest BCUT2D eigenvalue weighted by atomic mass is 16.1. The summed E-state index contributed by atoms with van der Waals surface area (Å²) in [7, 11) is 1.89. The average Bonchev–Trinajstić information content (AvgIpc) is 3.08. The van der Waals surface area contributed by atoms with Gasteiger partial charge in [0.15, 0.2) is 5.78 Å². The van der Waals surface area contributed by atoms with Gasteiger partial charge in [0.2, 0.25) is 0 Å². The van der Waals surface area contributed by atoms with Crippen LogP contribution in [0.25, 0.3) is 22.0 Å². The Morgan fingerprint density at radius 3 is 2.64 bits per heavy atom. The number of Topliss-reactive ketones (excluding diaryl/α,β-unsaturated/α-hetero) is 1. The van der Waals surface area contributed by atoms with E-state index in [1.807, 2.05) is 43.7 Å². The Morgan fingerprint density at radius 1 is 1.04 bits per heavy atom. The van der Waals surface area contributed by atoms with Gasteiger partial charge in [-0.2, -0.15) is 15.3 Å². The van der Waals surface area contributed by atoms with Crippen molar-refractivity contribution >= 4 is 16.7 Å². The molecule has 0 fully saturated rings. The number of hydrogen-bond acceptors (Lipinski definition) is 5. The second-order valence-corrected chi connectivity index (χ2v) is 5.85. The largest absolute Gasteiger partial charge is 0.294 e. The van der Waals surface area contributed by atoms with Crippen molar-refractivity contribution < 1.29 is 4.79 Å². The molecule has 0 bridgehead atoms. The fourth-order valence-electron chi connectivity index (χ4n) is 2.73. The predicted octanol–water partition coefficient (Wildman–Crippen LogP) is 2.85. The van der Waals surface area contributed by atoms with Crippen molar-refractivity contribution in [2.75, 3.05) is 0 Å². The zero-order valence-electron chi connectivity index (χ0n) is 13.6. The topological polar surface area (TPSA) is 73.6 Å². The molecule has 25 heavy (non-hydrogen) atoms. The molecule has 0 spiro atoms. The standard InChI is InChI=1S/C19H15N5O/c1-24-12-16(11-21-24)14-2-3-18-15(8-14)9-17(22-23-18)10-19(25)13-4-6-20-7-5-13/h2-9,11-12H,10H2,1H3. The van der Waals surface area contributed by atoms with Crippen LogP contribution in [0.5, 0.6) is 0 Å². The molecule has 0 aliphatic heterocycles. The molecule has 4 rings (SSSR count). The van der Waals surface area contributed by atoms with E-state index in [0.717, 1.165) is 22.0 Å². The lowest BCUT2D eigenvalue weighted by Gasteiger charge is -2.04. The second-order valence-electron chi connectivity index (χ2n) is 5.85. The quantitative estimate of drug-likeness (QED) is 0.538. The number of aryl methyl sites for hydroxylation is 1. The van der Waals surface area contributed by atoms with Crippen LogP contribution in [0.3, 0.4) is 0 Å². The monoisotopic (exact) mass is 329 g/mol. The molecule has 6 nitrogen and oxygen atoms in total. The third-order valence-corrected chi connectivity index (χ3v) is 4.02. The molecule has 0 N–H and O–H groups in total. The van der Waals surface area contributed by atoms with Crippen LogP contribution in [0.1, 0.15) is 16.1 Å². The molecular formula is C19H15N5O. The Bertz CT molecular complexity index is 1060. The van der Waals surface area contributed by atoms with Gasteiger partial charge in [0.1, 0.15) is 0 Å². The number of rotatable bonds is 4. The van der Waals surface area contributed by atoms with Crippen molar-refractivity contribution in [2.24, 2.45) is 7.05 Å². The minimum atomic E-state index is -0.000496. The molecule has 6 heteroatoms. The van der Waals surface area contributed by atoms with Crippen molar-refractivity contribution in [3.05, 3.63) is 72.4 Å². The van der Waals surface area contributed by atoms with Gasteiger partial charge in [0.25, 0.3) is 0 Å². The highest BCUT2D eigenvalue weighted by Gasteiger charge is 2.10. The van der Waals surface area contributed by atoms with Gasteiger partial charge in [-0.15, -0.1) is 0 Å². The van der Waals surface area contributed by atoms with Crippen LogP contribution in [0.15, 0.2) is 61.2 Å². The minimum Gasteiger partial charge on any atom is -0.294 e. The van der Waals surface area contributed by atoms with Crippen molar-refractivity contribution in [1.29, 1.82) is 0 Å². The first-order chi connectivity index (χ1) is 12.2. The van der Waals surface area contributed by atoms with Gasteiger partial charge in [-0.05, 0) is 35.9 Å². The summed E-state index contributed by atoms with van der Waals surface area (Å²) in [5, 5.41) is 13.6. The summed E-state index contributed by atoms with van der Waals surface area (Å²) in [6.45, 7) is 0. The van der Waals surface area contributed by atoms with E-state index in [9.17, 15) is 4.79 Å². The molecule has 4 aromatic rings. The number of hydrogen-bond donors (Lipinski definition) is 0. The predicted molar refractivity (Wildman–Crippen MR) is 94.0 cm³/mol. The summed E-state index contributed by atoms with van der Waals surface area (Å²) < 4.78 is 1.77. The molecular weight excluding hydrogens is 314 g/mol. The van der Waals surface area contributed by atoms with Crippen LogP contribution in [-0.4, -0.2) is 30.7 Å². The average molecular weight is 329 g/mol. The molecule has 1 aromatic carbocycles. The molecule has 0 amide bonds. The first-order valence-corrected chi connectivity index (χ1v) is 7.88. The van der Waals surface area contributed by atoms with Gasteiger partial charge >= 0.3 is 0 Å². The summed E-state index contributed by atoms with van der Waals surface area (Å²) >= 11 is 0. The minimum absolute atomic E-state index is 0.000496. The number of ketones is 1.